The zero-order chi connectivity index (χ0) is 21.8. The van der Waals surface area contributed by atoms with Crippen molar-refractivity contribution in [1.29, 1.82) is 0 Å². The van der Waals surface area contributed by atoms with Crippen molar-refractivity contribution in [2.45, 2.75) is 43.8 Å². The van der Waals surface area contributed by atoms with Crippen molar-refractivity contribution in [3.8, 4) is 11.4 Å². The molecular weight excluding hydrogens is 410 g/mol. The Labute approximate surface area is 186 Å². The van der Waals surface area contributed by atoms with Gasteiger partial charge in [0.2, 0.25) is 5.91 Å². The standard InChI is InChI=1S/C24H27N3O3S/c1-16-8-3-5-12-20(16)25-22(28)15-31-24-26-21-13-6-4-11-19(21)23(29)27(24)17-9-7-10-18(14-17)30-2/h4,6-7,9-11,13-14,16,20H,3,5,8,12,15H2,1-2H3,(H,25,28)/t16-,20-/m0/s1. The maximum absolute atomic E-state index is 13.3. The first-order valence-corrected chi connectivity index (χ1v) is 11.6. The third-order valence-electron chi connectivity index (χ3n) is 5.85. The molecule has 4 rings (SSSR count). The van der Waals surface area contributed by atoms with Crippen molar-refractivity contribution < 1.29 is 9.53 Å². The Hall–Kier alpha value is -2.80. The lowest BCUT2D eigenvalue weighted by molar-refractivity contribution is -0.119. The number of rotatable bonds is 6. The summed E-state index contributed by atoms with van der Waals surface area (Å²) in [5.74, 6) is 1.33. The molecule has 1 heterocycles. The number of carbonyl (C=O) groups excluding carboxylic acids is 1. The summed E-state index contributed by atoms with van der Waals surface area (Å²) in [4.78, 5) is 30.7. The van der Waals surface area contributed by atoms with E-state index in [4.69, 9.17) is 9.72 Å². The van der Waals surface area contributed by atoms with E-state index >= 15 is 0 Å². The van der Waals surface area contributed by atoms with E-state index < -0.39 is 0 Å². The minimum atomic E-state index is -0.164. The maximum Gasteiger partial charge on any atom is 0.266 e. The van der Waals surface area contributed by atoms with Gasteiger partial charge in [-0.3, -0.25) is 14.2 Å². The van der Waals surface area contributed by atoms with Crippen LogP contribution in [-0.2, 0) is 4.79 Å². The van der Waals surface area contributed by atoms with Gasteiger partial charge in [0.25, 0.3) is 5.56 Å². The third-order valence-corrected chi connectivity index (χ3v) is 6.79. The van der Waals surface area contributed by atoms with Gasteiger partial charge in [-0.1, -0.05) is 49.7 Å². The minimum Gasteiger partial charge on any atom is -0.497 e. The van der Waals surface area contributed by atoms with Gasteiger partial charge in [0, 0.05) is 12.1 Å². The molecule has 1 N–H and O–H groups in total. The highest BCUT2D eigenvalue weighted by Gasteiger charge is 2.23. The van der Waals surface area contributed by atoms with Crippen molar-refractivity contribution in [3.05, 3.63) is 58.9 Å². The number of amides is 1. The number of methoxy groups -OCH3 is 1. The highest BCUT2D eigenvalue weighted by molar-refractivity contribution is 7.99. The quantitative estimate of drug-likeness (QED) is 0.463. The van der Waals surface area contributed by atoms with E-state index in [0.29, 0.717) is 33.4 Å². The van der Waals surface area contributed by atoms with Crippen molar-refractivity contribution >= 4 is 28.6 Å². The summed E-state index contributed by atoms with van der Waals surface area (Å²) >= 11 is 1.28. The Bertz CT molecular complexity index is 1140. The number of hydrogen-bond donors (Lipinski definition) is 1. The summed E-state index contributed by atoms with van der Waals surface area (Å²) in [5.41, 5.74) is 1.12. The van der Waals surface area contributed by atoms with E-state index in [9.17, 15) is 9.59 Å². The summed E-state index contributed by atoms with van der Waals surface area (Å²) in [6.45, 7) is 2.20. The summed E-state index contributed by atoms with van der Waals surface area (Å²) in [6, 6.07) is 14.8. The molecule has 31 heavy (non-hydrogen) atoms. The first-order chi connectivity index (χ1) is 15.1. The van der Waals surface area contributed by atoms with Gasteiger partial charge in [-0.25, -0.2) is 4.98 Å². The van der Waals surface area contributed by atoms with Crippen LogP contribution >= 0.6 is 11.8 Å². The SMILES string of the molecule is COc1cccc(-n2c(SCC(=O)N[C@H]3CCCC[C@@H]3C)nc3ccccc3c2=O)c1. The molecule has 0 aliphatic heterocycles. The van der Waals surface area contributed by atoms with Gasteiger partial charge >= 0.3 is 0 Å². The fraction of sp³-hybridized carbons (Fsp3) is 0.375. The van der Waals surface area contributed by atoms with Crippen LogP contribution in [0.1, 0.15) is 32.6 Å². The molecule has 162 valence electrons. The van der Waals surface area contributed by atoms with E-state index in [2.05, 4.69) is 12.2 Å². The molecule has 0 bridgehead atoms. The number of hydrogen-bond acceptors (Lipinski definition) is 5. The number of aromatic nitrogens is 2. The van der Waals surface area contributed by atoms with Crippen LogP contribution in [0.25, 0.3) is 16.6 Å². The molecule has 2 aromatic carbocycles. The van der Waals surface area contributed by atoms with Gasteiger partial charge in [-0.05, 0) is 43.0 Å². The number of carbonyl (C=O) groups is 1. The maximum atomic E-state index is 13.3. The normalized spacial score (nSPS) is 18.6. The number of ether oxygens (including phenoxy) is 1. The van der Waals surface area contributed by atoms with Crippen molar-refractivity contribution in [3.63, 3.8) is 0 Å². The number of fused-ring (bicyclic) bond motifs is 1. The first kappa shape index (κ1) is 21.4. The summed E-state index contributed by atoms with van der Waals surface area (Å²) < 4.78 is 6.89. The Kier molecular flexibility index (Phi) is 6.61. The molecule has 3 aromatic rings. The van der Waals surface area contributed by atoms with Crippen molar-refractivity contribution in [2.75, 3.05) is 12.9 Å². The third kappa shape index (κ3) is 4.77. The fourth-order valence-electron chi connectivity index (χ4n) is 4.10. The van der Waals surface area contributed by atoms with Crippen LogP contribution in [0.5, 0.6) is 5.75 Å². The van der Waals surface area contributed by atoms with Crippen LogP contribution in [0.2, 0.25) is 0 Å². The van der Waals surface area contributed by atoms with Gasteiger partial charge < -0.3 is 10.1 Å². The number of thioether (sulfide) groups is 1. The molecule has 1 aliphatic rings. The summed E-state index contributed by atoms with van der Waals surface area (Å²) in [6.07, 6.45) is 4.57. The molecule has 1 aliphatic carbocycles. The Morgan fingerprint density at radius 2 is 2.00 bits per heavy atom. The fourth-order valence-corrected chi connectivity index (χ4v) is 4.92. The Morgan fingerprint density at radius 3 is 2.81 bits per heavy atom. The van der Waals surface area contributed by atoms with Crippen molar-refractivity contribution in [1.82, 2.24) is 14.9 Å². The molecule has 6 nitrogen and oxygen atoms in total. The second-order valence-corrected chi connectivity index (χ2v) is 8.92. The molecule has 0 unspecified atom stereocenters. The second-order valence-electron chi connectivity index (χ2n) is 7.98. The molecule has 0 radical (unpaired) electrons. The zero-order valence-corrected chi connectivity index (χ0v) is 18.7. The van der Waals surface area contributed by atoms with E-state index in [-0.39, 0.29) is 23.3 Å². The highest BCUT2D eigenvalue weighted by Crippen LogP contribution is 2.25. The molecule has 1 saturated carbocycles. The van der Waals surface area contributed by atoms with Crippen LogP contribution in [-0.4, -0.2) is 34.4 Å². The number of para-hydroxylation sites is 1. The van der Waals surface area contributed by atoms with Crippen LogP contribution < -0.4 is 15.6 Å². The van der Waals surface area contributed by atoms with Gasteiger partial charge in [-0.2, -0.15) is 0 Å². The molecule has 7 heteroatoms. The van der Waals surface area contributed by atoms with Gasteiger partial charge in [-0.15, -0.1) is 0 Å². The van der Waals surface area contributed by atoms with Gasteiger partial charge in [0.1, 0.15) is 5.75 Å². The van der Waals surface area contributed by atoms with Crippen LogP contribution in [0.15, 0.2) is 58.5 Å². The number of nitrogens with one attached hydrogen (secondary N) is 1. The average molecular weight is 438 g/mol. The van der Waals surface area contributed by atoms with Crippen LogP contribution in [0.3, 0.4) is 0 Å². The van der Waals surface area contributed by atoms with Crippen LogP contribution in [0.4, 0.5) is 0 Å². The van der Waals surface area contributed by atoms with E-state index in [0.717, 1.165) is 19.3 Å². The lowest BCUT2D eigenvalue weighted by atomic mass is 9.86. The predicted molar refractivity (Wildman–Crippen MR) is 124 cm³/mol. The highest BCUT2D eigenvalue weighted by atomic mass is 32.2. The van der Waals surface area contributed by atoms with Gasteiger partial charge in [0.05, 0.1) is 29.5 Å². The van der Waals surface area contributed by atoms with Gasteiger partial charge in [0.15, 0.2) is 5.16 Å². The Balaban J connectivity index is 1.64. The monoisotopic (exact) mass is 437 g/mol. The molecule has 0 spiro atoms. The largest absolute Gasteiger partial charge is 0.497 e. The topological polar surface area (TPSA) is 73.2 Å². The van der Waals surface area contributed by atoms with E-state index in [1.807, 2.05) is 36.4 Å². The first-order valence-electron chi connectivity index (χ1n) is 10.6. The van der Waals surface area contributed by atoms with Crippen molar-refractivity contribution in [2.24, 2.45) is 5.92 Å². The summed E-state index contributed by atoms with van der Waals surface area (Å²) in [7, 11) is 1.59. The molecule has 1 fully saturated rings. The van der Waals surface area contributed by atoms with E-state index in [1.54, 1.807) is 23.8 Å². The Morgan fingerprint density at radius 1 is 1.19 bits per heavy atom. The summed E-state index contributed by atoms with van der Waals surface area (Å²) in [5, 5.41) is 4.20. The zero-order valence-electron chi connectivity index (χ0n) is 17.8. The molecule has 1 amide bonds. The molecule has 2 atom stereocenters. The smallest absolute Gasteiger partial charge is 0.266 e. The second kappa shape index (κ2) is 9.56. The lowest BCUT2D eigenvalue weighted by Gasteiger charge is -2.29. The minimum absolute atomic E-state index is 0.0247. The molecular formula is C24H27N3O3S. The van der Waals surface area contributed by atoms with E-state index in [1.165, 1.54) is 18.2 Å². The lowest BCUT2D eigenvalue weighted by Crippen LogP contribution is -2.41. The average Bonchev–Trinajstić information content (AvgIpc) is 2.79. The molecule has 1 aromatic heterocycles. The number of benzene rings is 2. The predicted octanol–water partition coefficient (Wildman–Crippen LogP) is 4.18. The van der Waals surface area contributed by atoms with Crippen LogP contribution in [0, 0.1) is 5.92 Å². The molecule has 0 saturated heterocycles. The number of nitrogens with zero attached hydrogens (tertiary/aromatic N) is 2.